The second-order valence-electron chi connectivity index (χ2n) is 5.34. The fourth-order valence-corrected chi connectivity index (χ4v) is 2.40. The molecular formula is C15H23N3O2. The minimum absolute atomic E-state index is 0.211. The maximum absolute atomic E-state index is 11.9. The summed E-state index contributed by atoms with van der Waals surface area (Å²) in [5.74, 6) is -0.211. The number of carbonyl (C=O) groups excluding carboxylic acids is 1. The van der Waals surface area contributed by atoms with Crippen LogP contribution >= 0.6 is 0 Å². The average molecular weight is 277 g/mol. The van der Waals surface area contributed by atoms with Crippen LogP contribution < -0.4 is 11.1 Å². The molecule has 5 nitrogen and oxygen atoms in total. The van der Waals surface area contributed by atoms with Crippen molar-refractivity contribution >= 4 is 11.6 Å². The molecule has 1 unspecified atom stereocenters. The first-order valence-electron chi connectivity index (χ1n) is 6.96. The van der Waals surface area contributed by atoms with E-state index in [9.17, 15) is 4.79 Å². The number of nitrogens with two attached hydrogens (primary N) is 1. The van der Waals surface area contributed by atoms with Gasteiger partial charge in [-0.3, -0.25) is 4.79 Å². The number of fused-ring (bicyclic) bond motifs is 1. The molecular weight excluding hydrogens is 254 g/mol. The molecule has 1 aliphatic heterocycles. The normalized spacial score (nSPS) is 17.1. The molecule has 2 rings (SSSR count). The number of anilines is 1. The third-order valence-electron chi connectivity index (χ3n) is 3.68. The number of hydrogen-bond donors (Lipinski definition) is 2. The Morgan fingerprint density at radius 2 is 2.10 bits per heavy atom. The van der Waals surface area contributed by atoms with Gasteiger partial charge in [0.25, 0.3) is 0 Å². The highest BCUT2D eigenvalue weighted by atomic mass is 16.5. The van der Waals surface area contributed by atoms with Crippen molar-refractivity contribution in [2.75, 3.05) is 39.2 Å². The predicted octanol–water partition coefficient (Wildman–Crippen LogP) is 0.629. The van der Waals surface area contributed by atoms with Gasteiger partial charge in [-0.2, -0.15) is 0 Å². The number of methoxy groups -OCH3 is 1. The van der Waals surface area contributed by atoms with Crippen LogP contribution in [0, 0.1) is 0 Å². The molecule has 1 heterocycles. The van der Waals surface area contributed by atoms with Crippen LogP contribution in [-0.4, -0.2) is 50.7 Å². The summed E-state index contributed by atoms with van der Waals surface area (Å²) >= 11 is 0. The molecule has 0 saturated heterocycles. The maximum atomic E-state index is 11.9. The van der Waals surface area contributed by atoms with Crippen molar-refractivity contribution in [3.8, 4) is 0 Å². The van der Waals surface area contributed by atoms with Gasteiger partial charge in [0.1, 0.15) is 6.04 Å². The molecule has 0 aromatic heterocycles. The summed E-state index contributed by atoms with van der Waals surface area (Å²) < 4.78 is 4.89. The van der Waals surface area contributed by atoms with Crippen LogP contribution in [0.3, 0.4) is 0 Å². The zero-order chi connectivity index (χ0) is 14.5. The van der Waals surface area contributed by atoms with Gasteiger partial charge in [-0.15, -0.1) is 0 Å². The Morgan fingerprint density at radius 3 is 2.80 bits per heavy atom. The molecule has 0 saturated carbocycles. The van der Waals surface area contributed by atoms with Crippen LogP contribution in [0.1, 0.15) is 11.1 Å². The van der Waals surface area contributed by atoms with Gasteiger partial charge in [0, 0.05) is 25.9 Å². The van der Waals surface area contributed by atoms with Gasteiger partial charge in [-0.05, 0) is 43.1 Å². The van der Waals surface area contributed by atoms with E-state index in [-0.39, 0.29) is 12.5 Å². The van der Waals surface area contributed by atoms with Crippen molar-refractivity contribution in [3.63, 3.8) is 0 Å². The topological polar surface area (TPSA) is 67.6 Å². The number of benzene rings is 1. The van der Waals surface area contributed by atoms with Crippen LogP contribution in [0.25, 0.3) is 0 Å². The van der Waals surface area contributed by atoms with E-state index in [0.29, 0.717) is 0 Å². The lowest BCUT2D eigenvalue weighted by Crippen LogP contribution is -2.39. The van der Waals surface area contributed by atoms with Crippen molar-refractivity contribution in [3.05, 3.63) is 29.3 Å². The van der Waals surface area contributed by atoms with Gasteiger partial charge in [0.15, 0.2) is 0 Å². The van der Waals surface area contributed by atoms with Gasteiger partial charge < -0.3 is 20.7 Å². The molecule has 3 N–H and O–H groups in total. The maximum Gasteiger partial charge on any atom is 0.243 e. The van der Waals surface area contributed by atoms with Gasteiger partial charge in [0.2, 0.25) is 5.91 Å². The highest BCUT2D eigenvalue weighted by molar-refractivity contribution is 5.94. The third-order valence-corrected chi connectivity index (χ3v) is 3.68. The molecule has 1 aromatic carbocycles. The average Bonchev–Trinajstić information content (AvgIpc) is 2.61. The van der Waals surface area contributed by atoms with E-state index < -0.39 is 6.04 Å². The van der Waals surface area contributed by atoms with E-state index in [2.05, 4.69) is 29.4 Å². The molecule has 0 fully saturated rings. The smallest absolute Gasteiger partial charge is 0.243 e. The number of nitrogens with one attached hydrogen (secondary N) is 1. The highest BCUT2D eigenvalue weighted by Gasteiger charge is 2.15. The lowest BCUT2D eigenvalue weighted by molar-refractivity contribution is -0.118. The van der Waals surface area contributed by atoms with Crippen molar-refractivity contribution in [2.45, 2.75) is 18.9 Å². The molecule has 0 radical (unpaired) electrons. The van der Waals surface area contributed by atoms with Crippen molar-refractivity contribution < 1.29 is 9.53 Å². The number of rotatable bonds is 4. The Kier molecular flexibility index (Phi) is 5.11. The van der Waals surface area contributed by atoms with Crippen molar-refractivity contribution in [1.82, 2.24) is 4.90 Å². The van der Waals surface area contributed by atoms with Crippen LogP contribution in [0.15, 0.2) is 18.2 Å². The molecule has 5 heteroatoms. The third kappa shape index (κ3) is 3.79. The molecule has 20 heavy (non-hydrogen) atoms. The van der Waals surface area contributed by atoms with Gasteiger partial charge in [0.05, 0.1) is 6.61 Å². The molecule has 1 atom stereocenters. The van der Waals surface area contributed by atoms with Gasteiger partial charge in [-0.1, -0.05) is 6.07 Å². The Bertz CT molecular complexity index is 476. The number of nitrogens with zero attached hydrogens (tertiary/aromatic N) is 1. The standard InChI is InChI=1S/C15H23N3O2/c1-18-7-5-11-3-4-13(9-12(11)6-8-18)17-15(19)14(16)10-20-2/h3-4,9,14H,5-8,10,16H2,1-2H3,(H,17,19). The minimum atomic E-state index is -0.634. The quantitative estimate of drug-likeness (QED) is 0.847. The van der Waals surface area contributed by atoms with Crippen molar-refractivity contribution in [2.24, 2.45) is 5.73 Å². The summed E-state index contributed by atoms with van der Waals surface area (Å²) in [6, 6.07) is 5.48. The monoisotopic (exact) mass is 277 g/mol. The first-order valence-corrected chi connectivity index (χ1v) is 6.96. The van der Waals surface area contributed by atoms with Crippen LogP contribution in [0.5, 0.6) is 0 Å². The first kappa shape index (κ1) is 15.0. The number of carbonyl (C=O) groups is 1. The van der Waals surface area contributed by atoms with Crippen molar-refractivity contribution in [1.29, 1.82) is 0 Å². The number of ether oxygens (including phenoxy) is 1. The number of hydrogen-bond acceptors (Lipinski definition) is 4. The zero-order valence-corrected chi connectivity index (χ0v) is 12.2. The molecule has 1 amide bonds. The summed E-state index contributed by atoms with van der Waals surface area (Å²) in [5, 5.41) is 2.85. The summed E-state index contributed by atoms with van der Waals surface area (Å²) in [6.45, 7) is 2.35. The summed E-state index contributed by atoms with van der Waals surface area (Å²) in [4.78, 5) is 14.2. The summed E-state index contributed by atoms with van der Waals surface area (Å²) in [5.41, 5.74) is 9.20. The molecule has 0 bridgehead atoms. The second kappa shape index (κ2) is 6.83. The lowest BCUT2D eigenvalue weighted by atomic mass is 10.0. The Morgan fingerprint density at radius 1 is 1.40 bits per heavy atom. The molecule has 0 spiro atoms. The van der Waals surface area contributed by atoms with E-state index in [0.717, 1.165) is 31.6 Å². The molecule has 0 aliphatic carbocycles. The van der Waals surface area contributed by atoms with E-state index in [1.807, 2.05) is 6.07 Å². The summed E-state index contributed by atoms with van der Waals surface area (Å²) in [7, 11) is 3.67. The second-order valence-corrected chi connectivity index (χ2v) is 5.34. The molecule has 110 valence electrons. The SMILES string of the molecule is COCC(N)C(=O)Nc1ccc2c(c1)CCN(C)CC2. The Balaban J connectivity index is 2.06. The van der Waals surface area contributed by atoms with Gasteiger partial charge in [-0.25, -0.2) is 0 Å². The number of likely N-dealkylation sites (N-methyl/N-ethyl adjacent to an activating group) is 1. The highest BCUT2D eigenvalue weighted by Crippen LogP contribution is 2.20. The summed E-state index contributed by atoms with van der Waals surface area (Å²) in [6.07, 6.45) is 2.07. The predicted molar refractivity (Wildman–Crippen MR) is 79.8 cm³/mol. The Labute approximate surface area is 120 Å². The molecule has 1 aromatic rings. The fourth-order valence-electron chi connectivity index (χ4n) is 2.40. The Hall–Kier alpha value is -1.43. The minimum Gasteiger partial charge on any atom is -0.383 e. The fraction of sp³-hybridized carbons (Fsp3) is 0.533. The largest absolute Gasteiger partial charge is 0.383 e. The van der Waals surface area contributed by atoms with Crippen LogP contribution in [0.4, 0.5) is 5.69 Å². The van der Waals surface area contributed by atoms with Gasteiger partial charge >= 0.3 is 0 Å². The van der Waals surface area contributed by atoms with E-state index in [4.69, 9.17) is 10.5 Å². The first-order chi connectivity index (χ1) is 9.60. The number of amides is 1. The zero-order valence-electron chi connectivity index (χ0n) is 12.2. The lowest BCUT2D eigenvalue weighted by Gasteiger charge is -2.13. The van der Waals surface area contributed by atoms with Crippen LogP contribution in [0.2, 0.25) is 0 Å². The molecule has 1 aliphatic rings. The van der Waals surface area contributed by atoms with E-state index in [1.165, 1.54) is 18.2 Å². The van der Waals surface area contributed by atoms with E-state index >= 15 is 0 Å². The van der Waals surface area contributed by atoms with E-state index in [1.54, 1.807) is 0 Å². The van der Waals surface area contributed by atoms with Crippen LogP contribution in [-0.2, 0) is 22.4 Å².